The van der Waals surface area contributed by atoms with Crippen LogP contribution in [-0.4, -0.2) is 24.4 Å². The van der Waals surface area contributed by atoms with Crippen molar-refractivity contribution >= 4 is 0 Å². The predicted octanol–water partition coefficient (Wildman–Crippen LogP) is 2.20. The summed E-state index contributed by atoms with van der Waals surface area (Å²) in [5, 5.41) is 0. The van der Waals surface area contributed by atoms with Crippen LogP contribution in [0, 0.1) is 0 Å². The van der Waals surface area contributed by atoms with E-state index in [1.807, 2.05) is 0 Å². The normalized spacial score (nSPS) is 39.5. The minimum absolute atomic E-state index is 0.737. The van der Waals surface area contributed by atoms with E-state index in [1.54, 1.807) is 0 Å². The van der Waals surface area contributed by atoms with Gasteiger partial charge in [0, 0.05) is 0 Å². The summed E-state index contributed by atoms with van der Waals surface area (Å²) in [5.74, 6) is -5.06. The van der Waals surface area contributed by atoms with Crippen LogP contribution in [0.25, 0.3) is 0 Å². The predicted molar refractivity (Wildman–Crippen MR) is 26.5 cm³/mol. The summed E-state index contributed by atoms with van der Waals surface area (Å²) < 4.78 is 79.2. The molecule has 0 saturated carbocycles. The molecule has 1 aliphatic heterocycles. The summed E-state index contributed by atoms with van der Waals surface area (Å²) in [6.45, 7) is 0.737. The second-order valence-electron chi connectivity index (χ2n) is 2.41. The van der Waals surface area contributed by atoms with Gasteiger partial charge < -0.3 is 4.74 Å². The second-order valence-corrected chi connectivity index (χ2v) is 2.41. The van der Waals surface area contributed by atoms with Crippen LogP contribution in [0.1, 0.15) is 6.92 Å². The van der Waals surface area contributed by atoms with E-state index in [-0.39, 0.29) is 0 Å². The zero-order valence-corrected chi connectivity index (χ0v) is 6.16. The summed E-state index contributed by atoms with van der Waals surface area (Å²) in [4.78, 5) is 0. The Morgan fingerprint density at radius 3 is 1.69 bits per heavy atom. The molecule has 2 unspecified atom stereocenters. The Hall–Kier alpha value is -0.500. The Morgan fingerprint density at radius 1 is 1.08 bits per heavy atom. The molecular formula is C5H4F6O2. The van der Waals surface area contributed by atoms with Gasteiger partial charge in [-0.05, 0) is 6.92 Å². The lowest BCUT2D eigenvalue weighted by Gasteiger charge is -2.24. The molecule has 1 rings (SSSR count). The van der Waals surface area contributed by atoms with E-state index >= 15 is 0 Å². The van der Waals surface area contributed by atoms with Crippen molar-refractivity contribution in [1.82, 2.24) is 0 Å². The Kier molecular flexibility index (Phi) is 2.04. The lowest BCUT2D eigenvalue weighted by atomic mass is 10.3. The van der Waals surface area contributed by atoms with Gasteiger partial charge in [-0.15, -0.1) is 0 Å². The molecule has 0 aliphatic carbocycles. The average Bonchev–Trinajstić information content (AvgIpc) is 2.00. The summed E-state index contributed by atoms with van der Waals surface area (Å²) in [6.07, 6.45) is -12.8. The zero-order valence-electron chi connectivity index (χ0n) is 6.16. The first-order chi connectivity index (χ1) is 5.60. The van der Waals surface area contributed by atoms with E-state index in [0.717, 1.165) is 6.92 Å². The maximum Gasteiger partial charge on any atom is 0.458 e. The van der Waals surface area contributed by atoms with Crippen molar-refractivity contribution in [2.24, 2.45) is 0 Å². The smallest absolute Gasteiger partial charge is 0.302 e. The Balaban J connectivity index is 3.03. The number of hydrogen-bond donors (Lipinski definition) is 0. The molecule has 78 valence electrons. The van der Waals surface area contributed by atoms with Crippen LogP contribution < -0.4 is 0 Å². The molecule has 0 N–H and O–H groups in total. The van der Waals surface area contributed by atoms with Crippen LogP contribution in [0.15, 0.2) is 0 Å². The monoisotopic (exact) mass is 210 g/mol. The van der Waals surface area contributed by atoms with E-state index in [9.17, 15) is 26.3 Å². The van der Waals surface area contributed by atoms with Gasteiger partial charge in [0.15, 0.2) is 6.29 Å². The fraction of sp³-hybridized carbons (Fsp3) is 1.00. The van der Waals surface area contributed by atoms with Crippen LogP contribution >= 0.6 is 0 Å². The number of hydrogen-bond acceptors (Lipinski definition) is 2. The molecule has 0 aromatic rings. The minimum Gasteiger partial charge on any atom is -0.302 e. The molecule has 0 aromatic heterocycles. The molecule has 0 bridgehead atoms. The molecule has 0 radical (unpaired) electrons. The molecular weight excluding hydrogens is 206 g/mol. The fourth-order valence-corrected chi connectivity index (χ4v) is 0.837. The van der Waals surface area contributed by atoms with Crippen LogP contribution in [0.4, 0.5) is 26.3 Å². The first-order valence-corrected chi connectivity index (χ1v) is 3.09. The van der Waals surface area contributed by atoms with E-state index < -0.39 is 24.4 Å². The average molecular weight is 210 g/mol. The summed E-state index contributed by atoms with van der Waals surface area (Å²) in [5.41, 5.74) is 0. The van der Waals surface area contributed by atoms with Crippen LogP contribution in [0.5, 0.6) is 0 Å². The number of rotatable bonds is 0. The Morgan fingerprint density at radius 2 is 1.54 bits per heavy atom. The highest BCUT2D eigenvalue weighted by molar-refractivity contribution is 4.90. The molecule has 2 atom stereocenters. The van der Waals surface area contributed by atoms with E-state index in [0.29, 0.717) is 0 Å². The lowest BCUT2D eigenvalue weighted by molar-refractivity contribution is -0.393. The van der Waals surface area contributed by atoms with Crippen molar-refractivity contribution in [3.63, 3.8) is 0 Å². The lowest BCUT2D eigenvalue weighted by Crippen LogP contribution is -2.53. The van der Waals surface area contributed by atoms with Crippen LogP contribution in [0.3, 0.4) is 0 Å². The third kappa shape index (κ3) is 1.37. The maximum absolute atomic E-state index is 12.6. The van der Waals surface area contributed by atoms with Gasteiger partial charge in [0.1, 0.15) is 0 Å². The molecule has 0 aromatic carbocycles. The van der Waals surface area contributed by atoms with Crippen molar-refractivity contribution in [3.8, 4) is 0 Å². The highest BCUT2D eigenvalue weighted by Gasteiger charge is 2.79. The quantitative estimate of drug-likeness (QED) is 0.570. The first-order valence-electron chi connectivity index (χ1n) is 3.09. The molecule has 1 aliphatic rings. The molecule has 2 nitrogen and oxygen atoms in total. The van der Waals surface area contributed by atoms with E-state index in [2.05, 4.69) is 9.47 Å². The molecule has 1 saturated heterocycles. The summed E-state index contributed by atoms with van der Waals surface area (Å²) >= 11 is 0. The standard InChI is InChI=1S/C5H4F6O2/c1-2-12-3(6,4(7,8)9)5(10,11)13-2/h2H,1H3. The third-order valence-electron chi connectivity index (χ3n) is 1.38. The van der Waals surface area contributed by atoms with Crippen LogP contribution in [-0.2, 0) is 9.47 Å². The topological polar surface area (TPSA) is 18.5 Å². The van der Waals surface area contributed by atoms with Gasteiger partial charge in [0.05, 0.1) is 0 Å². The molecule has 8 heteroatoms. The third-order valence-corrected chi connectivity index (χ3v) is 1.38. The van der Waals surface area contributed by atoms with Crippen molar-refractivity contribution in [1.29, 1.82) is 0 Å². The molecule has 1 fully saturated rings. The molecule has 0 spiro atoms. The van der Waals surface area contributed by atoms with Crippen molar-refractivity contribution < 1.29 is 35.8 Å². The molecule has 0 amide bonds. The fourth-order valence-electron chi connectivity index (χ4n) is 0.837. The molecule has 13 heavy (non-hydrogen) atoms. The van der Waals surface area contributed by atoms with Crippen molar-refractivity contribution in [2.45, 2.75) is 31.4 Å². The van der Waals surface area contributed by atoms with Gasteiger partial charge in [-0.25, -0.2) is 0 Å². The van der Waals surface area contributed by atoms with E-state index in [1.165, 1.54) is 0 Å². The van der Waals surface area contributed by atoms with Gasteiger partial charge in [0.2, 0.25) is 0 Å². The second kappa shape index (κ2) is 2.50. The number of alkyl halides is 6. The summed E-state index contributed by atoms with van der Waals surface area (Å²) in [7, 11) is 0. The highest BCUT2D eigenvalue weighted by Crippen LogP contribution is 2.51. The maximum atomic E-state index is 12.6. The van der Waals surface area contributed by atoms with Gasteiger partial charge in [0.25, 0.3) is 0 Å². The first kappa shape index (κ1) is 10.6. The zero-order chi connectivity index (χ0) is 10.5. The Bertz CT molecular complexity index is 214. The van der Waals surface area contributed by atoms with Crippen molar-refractivity contribution in [3.05, 3.63) is 0 Å². The van der Waals surface area contributed by atoms with Gasteiger partial charge in [-0.3, -0.25) is 4.74 Å². The Labute approximate surface area is 68.4 Å². The van der Waals surface area contributed by atoms with Gasteiger partial charge in [-0.1, -0.05) is 0 Å². The van der Waals surface area contributed by atoms with E-state index in [4.69, 9.17) is 0 Å². The highest BCUT2D eigenvalue weighted by atomic mass is 19.4. The SMILES string of the molecule is CC1OC(F)(F)C(F)(C(F)(F)F)O1. The van der Waals surface area contributed by atoms with Crippen molar-refractivity contribution in [2.75, 3.05) is 0 Å². The van der Waals surface area contributed by atoms with Crippen LogP contribution in [0.2, 0.25) is 0 Å². The minimum atomic E-state index is -5.83. The molecule has 1 heterocycles. The summed E-state index contributed by atoms with van der Waals surface area (Å²) in [6, 6.07) is 0. The number of ether oxygens (including phenoxy) is 2. The van der Waals surface area contributed by atoms with Gasteiger partial charge in [-0.2, -0.15) is 26.3 Å². The van der Waals surface area contributed by atoms with Gasteiger partial charge >= 0.3 is 18.1 Å². The largest absolute Gasteiger partial charge is 0.458 e. The number of halogens is 6.